The minimum atomic E-state index is -3.79. The highest BCUT2D eigenvalue weighted by Crippen LogP contribution is 2.31. The Morgan fingerprint density at radius 2 is 2.06 bits per heavy atom. The standard InChI is InChI=1S/C23H24FN5O4S/c24-18-5-1-3-16(11-18)22-26-23(33-27-22)17-4-2-9-28(13-17)14-21(30)29-10-8-15-12-19(34(25,31)32)6-7-20(15)29/h1,3,5-7,11-12,17H,2,4,8-10,13-14H2,(H2,25,31,32). The fourth-order valence-electron chi connectivity index (χ4n) is 4.64. The number of nitrogens with zero attached hydrogens (tertiary/aromatic N) is 4. The molecule has 9 nitrogen and oxygen atoms in total. The third-order valence-electron chi connectivity index (χ3n) is 6.31. The molecule has 2 aliphatic rings. The number of hydrogen-bond acceptors (Lipinski definition) is 7. The average molecular weight is 486 g/mol. The van der Waals surface area contributed by atoms with Crippen molar-refractivity contribution >= 4 is 21.6 Å². The Balaban J connectivity index is 1.25. The monoisotopic (exact) mass is 485 g/mol. The fraction of sp³-hybridized carbons (Fsp3) is 0.348. The van der Waals surface area contributed by atoms with Gasteiger partial charge in [0.15, 0.2) is 0 Å². The maximum Gasteiger partial charge on any atom is 0.241 e. The molecule has 2 N–H and O–H groups in total. The first kappa shape index (κ1) is 22.6. The molecule has 1 saturated heterocycles. The first-order valence-electron chi connectivity index (χ1n) is 11.1. The molecule has 1 fully saturated rings. The van der Waals surface area contributed by atoms with Crippen molar-refractivity contribution in [1.29, 1.82) is 0 Å². The van der Waals surface area contributed by atoms with Crippen molar-refractivity contribution in [2.45, 2.75) is 30.1 Å². The lowest BCUT2D eigenvalue weighted by atomic mass is 9.98. The van der Waals surface area contributed by atoms with Crippen LogP contribution in [0.3, 0.4) is 0 Å². The molecule has 0 radical (unpaired) electrons. The van der Waals surface area contributed by atoms with Crippen LogP contribution in [0.15, 0.2) is 51.9 Å². The molecular weight excluding hydrogens is 461 g/mol. The molecule has 2 aliphatic heterocycles. The molecule has 3 heterocycles. The Labute approximate surface area is 196 Å². The number of benzene rings is 2. The van der Waals surface area contributed by atoms with Gasteiger partial charge in [-0.2, -0.15) is 4.98 Å². The number of aromatic nitrogens is 2. The van der Waals surface area contributed by atoms with E-state index in [1.165, 1.54) is 18.2 Å². The van der Waals surface area contributed by atoms with Crippen molar-refractivity contribution in [1.82, 2.24) is 15.0 Å². The van der Waals surface area contributed by atoms with Crippen LogP contribution in [0.2, 0.25) is 0 Å². The van der Waals surface area contributed by atoms with Crippen LogP contribution >= 0.6 is 0 Å². The Kier molecular flexibility index (Phi) is 5.92. The van der Waals surface area contributed by atoms with Gasteiger partial charge in [0.05, 0.1) is 17.4 Å². The number of carbonyl (C=O) groups excluding carboxylic acids is 1. The van der Waals surface area contributed by atoms with Crippen molar-refractivity contribution < 1.29 is 22.1 Å². The number of sulfonamides is 1. The van der Waals surface area contributed by atoms with Crippen LogP contribution in [0.1, 0.15) is 30.2 Å². The number of carbonyl (C=O) groups is 1. The second-order valence-electron chi connectivity index (χ2n) is 8.67. The Hall–Kier alpha value is -3.15. The van der Waals surface area contributed by atoms with Gasteiger partial charge < -0.3 is 9.42 Å². The predicted octanol–water partition coefficient (Wildman–Crippen LogP) is 2.29. The van der Waals surface area contributed by atoms with Gasteiger partial charge >= 0.3 is 0 Å². The van der Waals surface area contributed by atoms with Crippen LogP contribution in [0.25, 0.3) is 11.4 Å². The minimum Gasteiger partial charge on any atom is -0.339 e. The van der Waals surface area contributed by atoms with Crippen LogP contribution in [0.5, 0.6) is 0 Å². The normalized spacial score (nSPS) is 18.8. The molecule has 0 saturated carbocycles. The molecule has 0 aliphatic carbocycles. The SMILES string of the molecule is NS(=O)(=O)c1ccc2c(c1)CCN2C(=O)CN1CCCC(c2nc(-c3cccc(F)c3)no2)C1. The highest BCUT2D eigenvalue weighted by Gasteiger charge is 2.31. The summed E-state index contributed by atoms with van der Waals surface area (Å²) in [5.41, 5.74) is 2.07. The predicted molar refractivity (Wildman–Crippen MR) is 122 cm³/mol. The summed E-state index contributed by atoms with van der Waals surface area (Å²) in [6, 6.07) is 10.7. The van der Waals surface area contributed by atoms with E-state index >= 15 is 0 Å². The minimum absolute atomic E-state index is 0.0143. The van der Waals surface area contributed by atoms with Crippen LogP contribution < -0.4 is 10.0 Å². The average Bonchev–Trinajstić information content (AvgIpc) is 3.46. The molecular formula is C23H24FN5O4S. The van der Waals surface area contributed by atoms with Gasteiger partial charge in [0.25, 0.3) is 0 Å². The third-order valence-corrected chi connectivity index (χ3v) is 7.23. The molecule has 0 spiro atoms. The van der Waals surface area contributed by atoms with E-state index in [-0.39, 0.29) is 29.1 Å². The van der Waals surface area contributed by atoms with Crippen molar-refractivity contribution in [3.8, 4) is 11.4 Å². The number of piperidine rings is 1. The van der Waals surface area contributed by atoms with E-state index in [0.29, 0.717) is 36.8 Å². The van der Waals surface area contributed by atoms with E-state index in [2.05, 4.69) is 15.0 Å². The van der Waals surface area contributed by atoms with Crippen molar-refractivity contribution in [2.75, 3.05) is 31.1 Å². The topological polar surface area (TPSA) is 123 Å². The molecule has 2 aromatic carbocycles. The Bertz CT molecular complexity index is 1340. The highest BCUT2D eigenvalue weighted by molar-refractivity contribution is 7.89. The van der Waals surface area contributed by atoms with E-state index in [9.17, 15) is 17.6 Å². The van der Waals surface area contributed by atoms with Gasteiger partial charge in [-0.1, -0.05) is 17.3 Å². The van der Waals surface area contributed by atoms with Crippen molar-refractivity contribution in [3.05, 3.63) is 59.7 Å². The van der Waals surface area contributed by atoms with Crippen LogP contribution in [-0.4, -0.2) is 55.5 Å². The second kappa shape index (κ2) is 8.90. The number of halogens is 1. The zero-order chi connectivity index (χ0) is 23.9. The smallest absolute Gasteiger partial charge is 0.241 e. The van der Waals surface area contributed by atoms with Crippen molar-refractivity contribution in [2.24, 2.45) is 5.14 Å². The molecule has 1 aromatic heterocycles. The van der Waals surface area contributed by atoms with Crippen LogP contribution in [0, 0.1) is 5.82 Å². The molecule has 178 valence electrons. The fourth-order valence-corrected chi connectivity index (χ4v) is 5.20. The quantitative estimate of drug-likeness (QED) is 0.588. The van der Waals surface area contributed by atoms with Gasteiger partial charge in [0.2, 0.25) is 27.6 Å². The summed E-state index contributed by atoms with van der Waals surface area (Å²) in [5, 5.41) is 9.23. The maximum atomic E-state index is 13.5. The molecule has 5 rings (SSSR count). The lowest BCUT2D eigenvalue weighted by molar-refractivity contribution is -0.120. The summed E-state index contributed by atoms with van der Waals surface area (Å²) in [7, 11) is -3.79. The summed E-state index contributed by atoms with van der Waals surface area (Å²) in [6.45, 7) is 2.11. The number of likely N-dealkylation sites (tertiary alicyclic amines) is 1. The van der Waals surface area contributed by atoms with Gasteiger partial charge in [-0.15, -0.1) is 0 Å². The number of primary sulfonamides is 1. The lowest BCUT2D eigenvalue weighted by Gasteiger charge is -2.31. The zero-order valence-corrected chi connectivity index (χ0v) is 19.2. The summed E-state index contributed by atoms with van der Waals surface area (Å²) in [5.74, 6) is 0.400. The molecule has 0 bridgehead atoms. The largest absolute Gasteiger partial charge is 0.339 e. The van der Waals surface area contributed by atoms with E-state index in [1.54, 1.807) is 29.2 Å². The number of hydrogen-bond donors (Lipinski definition) is 1. The Morgan fingerprint density at radius 3 is 2.85 bits per heavy atom. The summed E-state index contributed by atoms with van der Waals surface area (Å²) in [4.78, 5) is 21.4. The first-order chi connectivity index (χ1) is 16.3. The molecule has 1 amide bonds. The second-order valence-corrected chi connectivity index (χ2v) is 10.2. The third kappa shape index (κ3) is 4.59. The number of rotatable bonds is 5. The van der Waals surface area contributed by atoms with Crippen molar-refractivity contribution in [3.63, 3.8) is 0 Å². The van der Waals surface area contributed by atoms with Gasteiger partial charge in [-0.3, -0.25) is 9.69 Å². The molecule has 3 aromatic rings. The summed E-state index contributed by atoms with van der Waals surface area (Å²) >= 11 is 0. The number of anilines is 1. The summed E-state index contributed by atoms with van der Waals surface area (Å²) in [6.07, 6.45) is 2.32. The Morgan fingerprint density at radius 1 is 1.21 bits per heavy atom. The first-order valence-corrected chi connectivity index (χ1v) is 12.6. The van der Waals surface area contributed by atoms with Gasteiger partial charge in [-0.25, -0.2) is 17.9 Å². The maximum absolute atomic E-state index is 13.5. The lowest BCUT2D eigenvalue weighted by Crippen LogP contribution is -2.43. The zero-order valence-electron chi connectivity index (χ0n) is 18.4. The number of amides is 1. The molecule has 1 unspecified atom stereocenters. The molecule has 34 heavy (non-hydrogen) atoms. The van der Waals surface area contributed by atoms with E-state index in [4.69, 9.17) is 9.66 Å². The van der Waals surface area contributed by atoms with Gasteiger partial charge in [-0.05, 0) is 61.7 Å². The van der Waals surface area contributed by atoms with E-state index < -0.39 is 10.0 Å². The highest BCUT2D eigenvalue weighted by atomic mass is 32.2. The number of nitrogens with two attached hydrogens (primary N) is 1. The summed E-state index contributed by atoms with van der Waals surface area (Å²) < 4.78 is 42.2. The van der Waals surface area contributed by atoms with E-state index in [0.717, 1.165) is 30.6 Å². The van der Waals surface area contributed by atoms with Gasteiger partial charge in [0.1, 0.15) is 5.82 Å². The van der Waals surface area contributed by atoms with Crippen LogP contribution in [0.4, 0.5) is 10.1 Å². The molecule has 11 heteroatoms. The van der Waals surface area contributed by atoms with E-state index in [1.807, 2.05) is 0 Å². The number of fused-ring (bicyclic) bond motifs is 1. The molecule has 1 atom stereocenters. The van der Waals surface area contributed by atoms with Gasteiger partial charge in [0, 0.05) is 24.3 Å². The van der Waals surface area contributed by atoms with Crippen LogP contribution in [-0.2, 0) is 21.2 Å².